The van der Waals surface area contributed by atoms with Crippen molar-refractivity contribution in [2.24, 2.45) is 5.73 Å². The highest BCUT2D eigenvalue weighted by molar-refractivity contribution is 6.02. The Labute approximate surface area is 254 Å². The van der Waals surface area contributed by atoms with Crippen molar-refractivity contribution in [2.45, 2.75) is 65.4 Å². The van der Waals surface area contributed by atoms with Crippen LogP contribution in [0.2, 0.25) is 0 Å². The van der Waals surface area contributed by atoms with Crippen LogP contribution in [0, 0.1) is 26.2 Å². The number of guanidine groups is 1. The molecule has 1 unspecified atom stereocenters. The maximum absolute atomic E-state index is 12.3. The van der Waals surface area contributed by atoms with E-state index in [4.69, 9.17) is 20.6 Å². The number of halogens is 1. The highest BCUT2D eigenvalue weighted by Crippen LogP contribution is 2.44. The number of carbonyl (C=O) groups is 1. The molecule has 0 spiro atoms. The zero-order valence-corrected chi connectivity index (χ0v) is 25.5. The largest absolute Gasteiger partial charge is 0.507 e. The number of hydrogen-bond donors (Lipinski definition) is 5. The molecule has 0 bridgehead atoms. The molecule has 224 valence electrons. The summed E-state index contributed by atoms with van der Waals surface area (Å²) < 4.78 is 12.5. The molecule has 8 nitrogen and oxygen atoms in total. The standard InChI is InChI=1S/C33H40N4O4.ClH/c1-21-22(2)31-28(23(3)30(21)39)17-19-33(4,41-31)18-5-6-20-40-27-14-12-25(13-15-27)36-29(38)16-9-24-7-10-26(11-8-24)37-32(34)35;/h7-16,39H,5-6,17-20H2,1-4H3,(H,36,38)(H4,34,35,37);1H/b16-9+;. The van der Waals surface area contributed by atoms with Crippen molar-refractivity contribution in [3.05, 3.63) is 82.4 Å². The number of fused-ring (bicyclic) bond motifs is 1. The van der Waals surface area contributed by atoms with Crippen LogP contribution in [0.3, 0.4) is 0 Å². The van der Waals surface area contributed by atoms with Gasteiger partial charge >= 0.3 is 0 Å². The summed E-state index contributed by atoms with van der Waals surface area (Å²) in [5.41, 5.74) is 11.3. The molecule has 42 heavy (non-hydrogen) atoms. The highest BCUT2D eigenvalue weighted by atomic mass is 35.5. The van der Waals surface area contributed by atoms with E-state index in [1.807, 2.05) is 57.2 Å². The molecule has 6 N–H and O–H groups in total. The first kappa shape index (κ1) is 32.3. The van der Waals surface area contributed by atoms with Crippen LogP contribution in [0.1, 0.15) is 60.4 Å². The molecule has 4 rings (SSSR count). The molecule has 1 aliphatic heterocycles. The maximum Gasteiger partial charge on any atom is 0.248 e. The second kappa shape index (κ2) is 14.1. The van der Waals surface area contributed by atoms with Gasteiger partial charge in [-0.3, -0.25) is 10.2 Å². The molecule has 0 radical (unpaired) electrons. The van der Waals surface area contributed by atoms with Crippen LogP contribution in [0.15, 0.2) is 54.6 Å². The molecular formula is C33H41ClN4O4. The monoisotopic (exact) mass is 592 g/mol. The average molecular weight is 593 g/mol. The van der Waals surface area contributed by atoms with Crippen LogP contribution < -0.4 is 25.8 Å². The third-order valence-corrected chi connectivity index (χ3v) is 7.70. The number of phenols is 1. The topological polar surface area (TPSA) is 130 Å². The third kappa shape index (κ3) is 8.19. The Hall–Kier alpha value is -4.17. The zero-order chi connectivity index (χ0) is 29.6. The minimum atomic E-state index is -0.233. The number of nitrogens with one attached hydrogen (secondary N) is 3. The van der Waals surface area contributed by atoms with Gasteiger partial charge in [0.2, 0.25) is 5.91 Å². The van der Waals surface area contributed by atoms with Gasteiger partial charge in [-0.25, -0.2) is 0 Å². The number of unbranched alkanes of at least 4 members (excludes halogenated alkanes) is 1. The lowest BCUT2D eigenvalue weighted by Crippen LogP contribution is -2.37. The summed E-state index contributed by atoms with van der Waals surface area (Å²) in [6, 6.07) is 14.6. The number of anilines is 2. The van der Waals surface area contributed by atoms with Crippen molar-refractivity contribution in [3.63, 3.8) is 0 Å². The Morgan fingerprint density at radius 3 is 2.33 bits per heavy atom. The van der Waals surface area contributed by atoms with Crippen LogP contribution >= 0.6 is 12.4 Å². The van der Waals surface area contributed by atoms with E-state index in [1.54, 1.807) is 18.2 Å². The number of benzene rings is 3. The van der Waals surface area contributed by atoms with Gasteiger partial charge in [-0.1, -0.05) is 12.1 Å². The summed E-state index contributed by atoms with van der Waals surface area (Å²) in [5, 5.41) is 23.2. The number of nitrogens with two attached hydrogens (primary N) is 1. The van der Waals surface area contributed by atoms with Crippen LogP contribution in [0.25, 0.3) is 6.08 Å². The van der Waals surface area contributed by atoms with Crippen LogP contribution in [0.5, 0.6) is 17.2 Å². The van der Waals surface area contributed by atoms with E-state index in [0.29, 0.717) is 23.7 Å². The Morgan fingerprint density at radius 1 is 1.02 bits per heavy atom. The second-order valence-electron chi connectivity index (χ2n) is 10.9. The van der Waals surface area contributed by atoms with Crippen molar-refractivity contribution < 1.29 is 19.4 Å². The number of amides is 1. The zero-order valence-electron chi connectivity index (χ0n) is 24.7. The van der Waals surface area contributed by atoms with E-state index in [-0.39, 0.29) is 29.9 Å². The van der Waals surface area contributed by atoms with E-state index in [0.717, 1.165) is 71.4 Å². The molecule has 0 saturated heterocycles. The normalized spacial score (nSPS) is 15.7. The molecule has 0 aromatic heterocycles. The molecule has 9 heteroatoms. The number of ether oxygens (including phenoxy) is 2. The number of hydrogen-bond acceptors (Lipinski definition) is 5. The number of phenolic OH excluding ortho intramolecular Hbond substituents is 1. The summed E-state index contributed by atoms with van der Waals surface area (Å²) in [6.45, 7) is 8.73. The van der Waals surface area contributed by atoms with E-state index in [1.165, 1.54) is 6.08 Å². The predicted octanol–water partition coefficient (Wildman–Crippen LogP) is 7.03. The molecule has 0 aliphatic carbocycles. The van der Waals surface area contributed by atoms with E-state index in [2.05, 4.69) is 17.6 Å². The number of aromatic hydroxyl groups is 1. The van der Waals surface area contributed by atoms with Crippen LogP contribution in [0.4, 0.5) is 11.4 Å². The molecular weight excluding hydrogens is 552 g/mol. The Balaban J connectivity index is 0.00000484. The average Bonchev–Trinajstić information content (AvgIpc) is 2.95. The van der Waals surface area contributed by atoms with Crippen LogP contribution in [-0.4, -0.2) is 29.2 Å². The molecule has 1 aliphatic rings. The maximum atomic E-state index is 12.3. The Morgan fingerprint density at radius 2 is 1.67 bits per heavy atom. The van der Waals surface area contributed by atoms with E-state index in [9.17, 15) is 9.90 Å². The first-order valence-corrected chi connectivity index (χ1v) is 14.0. The Kier molecular flexibility index (Phi) is 10.9. The van der Waals surface area contributed by atoms with Gasteiger partial charge in [-0.15, -0.1) is 12.4 Å². The molecule has 3 aromatic rings. The van der Waals surface area contributed by atoms with E-state index >= 15 is 0 Å². The fraction of sp³-hybridized carbons (Fsp3) is 0.333. The molecule has 1 atom stereocenters. The molecule has 3 aromatic carbocycles. The quantitative estimate of drug-likeness (QED) is 0.0743. The molecule has 0 saturated carbocycles. The van der Waals surface area contributed by atoms with Crippen molar-refractivity contribution in [1.29, 1.82) is 5.41 Å². The first-order valence-electron chi connectivity index (χ1n) is 14.0. The summed E-state index contributed by atoms with van der Waals surface area (Å²) in [7, 11) is 0. The minimum Gasteiger partial charge on any atom is -0.507 e. The first-order chi connectivity index (χ1) is 19.5. The second-order valence-corrected chi connectivity index (χ2v) is 10.9. The number of rotatable bonds is 10. The van der Waals surface area contributed by atoms with Gasteiger partial charge in [0.05, 0.1) is 6.61 Å². The molecule has 1 heterocycles. The van der Waals surface area contributed by atoms with Crippen molar-refractivity contribution in [1.82, 2.24) is 0 Å². The summed E-state index contributed by atoms with van der Waals surface area (Å²) in [4.78, 5) is 12.3. The van der Waals surface area contributed by atoms with Gasteiger partial charge in [0.25, 0.3) is 0 Å². The van der Waals surface area contributed by atoms with Gasteiger partial charge in [0, 0.05) is 23.0 Å². The van der Waals surface area contributed by atoms with Gasteiger partial charge in [0.15, 0.2) is 5.96 Å². The fourth-order valence-corrected chi connectivity index (χ4v) is 5.09. The number of carbonyl (C=O) groups excluding carboxylic acids is 1. The predicted molar refractivity (Wildman–Crippen MR) is 172 cm³/mol. The summed E-state index contributed by atoms with van der Waals surface area (Å²) in [5.74, 6) is 1.74. The minimum absolute atomic E-state index is 0. The van der Waals surface area contributed by atoms with Crippen molar-refractivity contribution >= 4 is 41.7 Å². The van der Waals surface area contributed by atoms with Crippen molar-refractivity contribution in [3.8, 4) is 17.2 Å². The SMILES string of the molecule is Cc1c(C)c2c(c(C)c1O)CCC(C)(CCCCOc1ccc(NC(=O)/C=C/c3ccc(NC(=N)N)cc3)cc1)O2.Cl. The summed E-state index contributed by atoms with van der Waals surface area (Å²) >= 11 is 0. The lowest BCUT2D eigenvalue weighted by Gasteiger charge is -2.38. The highest BCUT2D eigenvalue weighted by Gasteiger charge is 2.34. The third-order valence-electron chi connectivity index (χ3n) is 7.70. The summed E-state index contributed by atoms with van der Waals surface area (Å²) in [6.07, 6.45) is 7.86. The van der Waals surface area contributed by atoms with Crippen LogP contribution in [-0.2, 0) is 11.2 Å². The van der Waals surface area contributed by atoms with E-state index < -0.39 is 0 Å². The van der Waals surface area contributed by atoms with Gasteiger partial charge < -0.3 is 30.9 Å². The smallest absolute Gasteiger partial charge is 0.248 e. The fourth-order valence-electron chi connectivity index (χ4n) is 5.09. The lowest BCUT2D eigenvalue weighted by molar-refractivity contribution is -0.111. The van der Waals surface area contributed by atoms with Gasteiger partial charge in [-0.05, 0) is 125 Å². The van der Waals surface area contributed by atoms with Crippen molar-refractivity contribution in [2.75, 3.05) is 17.2 Å². The lowest BCUT2D eigenvalue weighted by atomic mass is 9.85. The Bertz CT molecular complexity index is 1440. The molecule has 1 amide bonds. The molecule has 0 fully saturated rings. The van der Waals surface area contributed by atoms with Gasteiger partial charge in [0.1, 0.15) is 22.8 Å². The van der Waals surface area contributed by atoms with Gasteiger partial charge in [-0.2, -0.15) is 0 Å².